The molecule has 31 heavy (non-hydrogen) atoms. The van der Waals surface area contributed by atoms with Gasteiger partial charge in [-0.05, 0) is 30.5 Å². The van der Waals surface area contributed by atoms with Crippen LogP contribution in [0.25, 0.3) is 11.4 Å². The first-order chi connectivity index (χ1) is 15.2. The van der Waals surface area contributed by atoms with Gasteiger partial charge < -0.3 is 4.90 Å². The van der Waals surface area contributed by atoms with E-state index in [1.807, 2.05) is 23.1 Å². The quantitative estimate of drug-likeness (QED) is 0.504. The second-order valence-corrected chi connectivity index (χ2v) is 8.51. The minimum atomic E-state index is 0.206. The molecule has 0 fully saturated rings. The number of aromatic nitrogens is 2. The summed E-state index contributed by atoms with van der Waals surface area (Å²) < 4.78 is 4.60. The lowest BCUT2D eigenvalue weighted by atomic mass is 10.2. The van der Waals surface area contributed by atoms with Gasteiger partial charge in [-0.25, -0.2) is 0 Å². The molecule has 162 valence electrons. The Kier molecular flexibility index (Phi) is 9.10. The molecule has 0 saturated heterocycles. The lowest BCUT2D eigenvalue weighted by molar-refractivity contribution is -0.794. The van der Waals surface area contributed by atoms with Crippen LogP contribution in [0.5, 0.6) is 0 Å². The van der Waals surface area contributed by atoms with Crippen LogP contribution >= 0.6 is 11.8 Å². The fourth-order valence-corrected chi connectivity index (χ4v) is 4.52. The summed E-state index contributed by atoms with van der Waals surface area (Å²) in [6.45, 7) is 8.09. The summed E-state index contributed by atoms with van der Waals surface area (Å²) in [5, 5.41) is 0.206. The van der Waals surface area contributed by atoms with E-state index in [1.54, 1.807) is 0 Å². The molecule has 0 saturated carbocycles. The van der Waals surface area contributed by atoms with Crippen molar-refractivity contribution in [2.24, 2.45) is 0 Å². The van der Waals surface area contributed by atoms with Gasteiger partial charge in [0.15, 0.2) is 12.4 Å². The first kappa shape index (κ1) is 23.0. The molecule has 2 aromatic heterocycles. The molecule has 5 heteroatoms. The molecule has 3 aromatic rings. The summed E-state index contributed by atoms with van der Waals surface area (Å²) >= 11 is 1.40. The molecule has 3 heterocycles. The molecule has 0 spiro atoms. The second kappa shape index (κ2) is 12.3. The Balaban J connectivity index is 0.000000178. The van der Waals surface area contributed by atoms with Gasteiger partial charge in [0.1, 0.15) is 0 Å². The van der Waals surface area contributed by atoms with E-state index in [9.17, 15) is 4.79 Å². The Morgan fingerprint density at radius 3 is 1.84 bits per heavy atom. The van der Waals surface area contributed by atoms with Crippen molar-refractivity contribution in [3.8, 4) is 11.4 Å². The van der Waals surface area contributed by atoms with Gasteiger partial charge in [0, 0.05) is 43.1 Å². The predicted octanol–water partition coefficient (Wildman–Crippen LogP) is 5.10. The summed E-state index contributed by atoms with van der Waals surface area (Å²) in [5.41, 5.74) is 3.82. The van der Waals surface area contributed by atoms with Crippen molar-refractivity contribution in [1.82, 2.24) is 4.90 Å². The first-order valence-electron chi connectivity index (χ1n) is 11.2. The molecule has 4 nitrogen and oxygen atoms in total. The predicted molar refractivity (Wildman–Crippen MR) is 128 cm³/mol. The number of benzene rings is 1. The van der Waals surface area contributed by atoms with Crippen LogP contribution in [-0.2, 0) is 18.8 Å². The SMILES string of the molecule is CCCN(CCC)C(=O)SCc1ccccc1.c1cc[n+]2c(c1)-c1cccc[n+]1CC2. The number of hydrogen-bond acceptors (Lipinski definition) is 2. The Labute approximate surface area is 190 Å². The molecular weight excluding hydrogens is 402 g/mol. The van der Waals surface area contributed by atoms with Gasteiger partial charge in [0.05, 0.1) is 0 Å². The van der Waals surface area contributed by atoms with E-state index in [1.165, 1.54) is 28.7 Å². The Bertz CT molecular complexity index is 910. The van der Waals surface area contributed by atoms with Crippen LogP contribution in [0.3, 0.4) is 0 Å². The van der Waals surface area contributed by atoms with Gasteiger partial charge in [0.2, 0.25) is 13.1 Å². The Hall–Kier alpha value is -2.66. The summed E-state index contributed by atoms with van der Waals surface area (Å²) in [4.78, 5) is 13.9. The second-order valence-electron chi connectivity index (χ2n) is 7.59. The third-order valence-electron chi connectivity index (χ3n) is 5.18. The molecule has 1 aromatic carbocycles. The molecule has 0 radical (unpaired) electrons. The zero-order valence-corrected chi connectivity index (χ0v) is 19.4. The first-order valence-corrected chi connectivity index (χ1v) is 12.1. The number of amides is 1. The molecular formula is C26H33N3OS+2. The maximum absolute atomic E-state index is 12.0. The highest BCUT2D eigenvalue weighted by atomic mass is 32.2. The van der Waals surface area contributed by atoms with Crippen molar-refractivity contribution in [2.45, 2.75) is 45.5 Å². The van der Waals surface area contributed by atoms with E-state index in [4.69, 9.17) is 0 Å². The van der Waals surface area contributed by atoms with Gasteiger partial charge in [-0.15, -0.1) is 0 Å². The van der Waals surface area contributed by atoms with Gasteiger partial charge >= 0.3 is 0 Å². The number of hydrogen-bond donors (Lipinski definition) is 0. The van der Waals surface area contributed by atoms with E-state index in [2.05, 4.69) is 83.9 Å². The zero-order valence-electron chi connectivity index (χ0n) is 18.6. The summed E-state index contributed by atoms with van der Waals surface area (Å²) in [7, 11) is 0. The summed E-state index contributed by atoms with van der Waals surface area (Å²) in [6.07, 6.45) is 6.34. The smallest absolute Gasteiger partial charge is 0.281 e. The van der Waals surface area contributed by atoms with Gasteiger partial charge in [-0.2, -0.15) is 9.13 Å². The monoisotopic (exact) mass is 435 g/mol. The normalized spacial score (nSPS) is 11.5. The molecule has 0 atom stereocenters. The topological polar surface area (TPSA) is 28.1 Å². The highest BCUT2D eigenvalue weighted by molar-refractivity contribution is 8.12. The van der Waals surface area contributed by atoms with Gasteiger partial charge in [-0.1, -0.05) is 55.9 Å². The number of thioether (sulfide) groups is 1. The maximum Gasteiger partial charge on any atom is 0.281 e. The number of rotatable bonds is 6. The van der Waals surface area contributed by atoms with Crippen molar-refractivity contribution in [3.05, 3.63) is 84.7 Å². The Morgan fingerprint density at radius 2 is 1.32 bits per heavy atom. The van der Waals surface area contributed by atoms with Crippen molar-refractivity contribution >= 4 is 17.0 Å². The number of nitrogens with zero attached hydrogens (tertiary/aromatic N) is 3. The van der Waals surface area contributed by atoms with Crippen molar-refractivity contribution < 1.29 is 13.9 Å². The highest BCUT2D eigenvalue weighted by Crippen LogP contribution is 2.16. The average molecular weight is 436 g/mol. The molecule has 0 aliphatic carbocycles. The molecule has 1 amide bonds. The van der Waals surface area contributed by atoms with E-state index in [0.717, 1.165) is 44.8 Å². The molecule has 4 rings (SSSR count). The van der Waals surface area contributed by atoms with Crippen molar-refractivity contribution in [3.63, 3.8) is 0 Å². The average Bonchev–Trinajstić information content (AvgIpc) is 2.83. The number of carbonyl (C=O) groups is 1. The molecule has 0 bridgehead atoms. The highest BCUT2D eigenvalue weighted by Gasteiger charge is 2.27. The molecule has 1 aliphatic heterocycles. The maximum atomic E-state index is 12.0. The van der Waals surface area contributed by atoms with Crippen LogP contribution in [0.1, 0.15) is 32.3 Å². The number of aryl methyl sites for hydroxylation is 2. The minimum Gasteiger partial charge on any atom is -0.334 e. The lowest BCUT2D eigenvalue weighted by Gasteiger charge is -2.20. The van der Waals surface area contributed by atoms with Crippen LogP contribution in [-0.4, -0.2) is 23.2 Å². The minimum absolute atomic E-state index is 0.206. The third kappa shape index (κ3) is 6.66. The molecule has 1 aliphatic rings. The van der Waals surface area contributed by atoms with Crippen LogP contribution in [0.4, 0.5) is 4.79 Å². The largest absolute Gasteiger partial charge is 0.334 e. The fraction of sp³-hybridized carbons (Fsp3) is 0.346. The van der Waals surface area contributed by atoms with E-state index < -0.39 is 0 Å². The Morgan fingerprint density at radius 1 is 0.806 bits per heavy atom. The third-order valence-corrected chi connectivity index (χ3v) is 6.16. The standard InChI is InChI=1S/C14H21NOS.C12H12N2/c1-3-10-15(11-4-2)14(16)17-12-13-8-6-5-7-9-13;1-3-7-13-9-10-14-8-4-2-6-12(14)11(13)5-1/h5-9H,3-4,10-12H2,1-2H3;1-8H,9-10H2/q;+2. The fourth-order valence-electron chi connectivity index (χ4n) is 3.67. The number of carbonyl (C=O) groups excluding carboxylic acids is 1. The van der Waals surface area contributed by atoms with Crippen molar-refractivity contribution in [1.29, 1.82) is 0 Å². The summed E-state index contributed by atoms with van der Waals surface area (Å²) in [6, 6.07) is 22.8. The van der Waals surface area contributed by atoms with Crippen LogP contribution in [0, 0.1) is 0 Å². The zero-order chi connectivity index (χ0) is 21.9. The van der Waals surface area contributed by atoms with Crippen molar-refractivity contribution in [2.75, 3.05) is 13.1 Å². The molecule has 0 N–H and O–H groups in total. The van der Waals surface area contributed by atoms with Crippen LogP contribution in [0.15, 0.2) is 79.1 Å². The van der Waals surface area contributed by atoms with Gasteiger partial charge in [0.25, 0.3) is 16.6 Å². The summed E-state index contributed by atoms with van der Waals surface area (Å²) in [5.74, 6) is 0.767. The van der Waals surface area contributed by atoms with E-state index in [0.29, 0.717) is 0 Å². The number of pyridine rings is 2. The van der Waals surface area contributed by atoms with Crippen LogP contribution in [0.2, 0.25) is 0 Å². The van der Waals surface area contributed by atoms with Crippen LogP contribution < -0.4 is 9.13 Å². The van der Waals surface area contributed by atoms with E-state index in [-0.39, 0.29) is 5.24 Å². The van der Waals surface area contributed by atoms with E-state index >= 15 is 0 Å². The van der Waals surface area contributed by atoms with Gasteiger partial charge in [-0.3, -0.25) is 4.79 Å². The molecule has 0 unspecified atom stereocenters. The number of fused-ring (bicyclic) bond motifs is 3. The lowest BCUT2D eigenvalue weighted by Crippen LogP contribution is -2.52.